The van der Waals surface area contributed by atoms with Gasteiger partial charge in [0.1, 0.15) is 12.3 Å². The number of methoxy groups -OCH3 is 1. The molecule has 0 aromatic heterocycles. The van der Waals surface area contributed by atoms with E-state index in [0.717, 1.165) is 27.4 Å². The van der Waals surface area contributed by atoms with Crippen LogP contribution in [0.5, 0.6) is 5.75 Å². The number of benzene rings is 3. The van der Waals surface area contributed by atoms with Crippen molar-refractivity contribution in [2.45, 2.75) is 31.6 Å². The molecule has 0 saturated heterocycles. The fourth-order valence-corrected chi connectivity index (χ4v) is 5.04. The van der Waals surface area contributed by atoms with Gasteiger partial charge in [-0.05, 0) is 74.2 Å². The molecule has 180 valence electrons. The molecule has 0 radical (unpaired) electrons. The molecule has 3 rings (SSSR count). The summed E-state index contributed by atoms with van der Waals surface area (Å²) in [6.45, 7) is 3.80. The number of amides is 1. The van der Waals surface area contributed by atoms with E-state index in [2.05, 4.69) is 5.32 Å². The molecule has 0 aliphatic rings. The number of hydrogen-bond acceptors (Lipinski definition) is 4. The van der Waals surface area contributed by atoms with Gasteiger partial charge in [0, 0.05) is 11.6 Å². The molecule has 1 amide bonds. The first-order chi connectivity index (χ1) is 16.2. The van der Waals surface area contributed by atoms with E-state index in [0.29, 0.717) is 29.4 Å². The van der Waals surface area contributed by atoms with Crippen LogP contribution in [0, 0.1) is 13.8 Å². The van der Waals surface area contributed by atoms with Gasteiger partial charge < -0.3 is 10.1 Å². The molecule has 0 unspecified atom stereocenters. The molecule has 0 fully saturated rings. The molecule has 0 heterocycles. The van der Waals surface area contributed by atoms with Gasteiger partial charge in [-0.2, -0.15) is 0 Å². The van der Waals surface area contributed by atoms with Crippen molar-refractivity contribution in [1.82, 2.24) is 5.32 Å². The predicted octanol–water partition coefficient (Wildman–Crippen LogP) is 4.91. The summed E-state index contributed by atoms with van der Waals surface area (Å²) < 4.78 is 33.7. The van der Waals surface area contributed by atoms with E-state index in [4.69, 9.17) is 16.3 Å². The number of sulfonamides is 1. The van der Waals surface area contributed by atoms with Crippen molar-refractivity contribution in [3.63, 3.8) is 0 Å². The number of aryl methyl sites for hydroxylation is 3. The van der Waals surface area contributed by atoms with Gasteiger partial charge in [-0.1, -0.05) is 47.5 Å². The number of rotatable bonds is 10. The smallest absolute Gasteiger partial charge is 0.264 e. The molecular formula is C26H29ClN2O4S. The third kappa shape index (κ3) is 6.52. The molecule has 0 atom stereocenters. The molecule has 3 aromatic rings. The van der Waals surface area contributed by atoms with Crippen LogP contribution in [-0.2, 0) is 21.2 Å². The third-order valence-corrected chi connectivity index (χ3v) is 7.40. The van der Waals surface area contributed by atoms with Crippen LogP contribution in [0.2, 0.25) is 5.02 Å². The molecule has 34 heavy (non-hydrogen) atoms. The lowest BCUT2D eigenvalue weighted by Crippen LogP contribution is -2.41. The van der Waals surface area contributed by atoms with Crippen molar-refractivity contribution in [1.29, 1.82) is 0 Å². The summed E-state index contributed by atoms with van der Waals surface area (Å²) in [6, 6.07) is 19.4. The standard InChI is InChI=1S/C26H29ClN2O4S/c1-19-6-13-23(14-7-19)34(31,32)29(24-17-20(2)8-15-25(24)33-3)18-26(30)28-16-4-5-21-9-11-22(27)12-10-21/h6-15,17H,4-5,16,18H2,1-3H3,(H,28,30). The molecule has 0 aliphatic heterocycles. The highest BCUT2D eigenvalue weighted by Gasteiger charge is 2.29. The van der Waals surface area contributed by atoms with E-state index in [-0.39, 0.29) is 11.4 Å². The largest absolute Gasteiger partial charge is 0.495 e. The van der Waals surface area contributed by atoms with E-state index < -0.39 is 15.9 Å². The number of ether oxygens (including phenoxy) is 1. The highest BCUT2D eigenvalue weighted by molar-refractivity contribution is 7.92. The first kappa shape index (κ1) is 25.6. The zero-order valence-electron chi connectivity index (χ0n) is 19.5. The van der Waals surface area contributed by atoms with Gasteiger partial charge in [0.15, 0.2) is 0 Å². The van der Waals surface area contributed by atoms with Gasteiger partial charge in [-0.3, -0.25) is 9.10 Å². The molecule has 8 heteroatoms. The van der Waals surface area contributed by atoms with Crippen molar-refractivity contribution >= 4 is 33.2 Å². The van der Waals surface area contributed by atoms with E-state index >= 15 is 0 Å². The predicted molar refractivity (Wildman–Crippen MR) is 136 cm³/mol. The highest BCUT2D eigenvalue weighted by atomic mass is 35.5. The summed E-state index contributed by atoms with van der Waals surface area (Å²) in [5, 5.41) is 3.52. The lowest BCUT2D eigenvalue weighted by Gasteiger charge is -2.26. The molecule has 1 N–H and O–H groups in total. The molecule has 6 nitrogen and oxygen atoms in total. The van der Waals surface area contributed by atoms with Gasteiger partial charge in [0.2, 0.25) is 5.91 Å². The SMILES string of the molecule is COc1ccc(C)cc1N(CC(=O)NCCCc1ccc(Cl)cc1)S(=O)(=O)c1ccc(C)cc1. The second kappa shape index (κ2) is 11.4. The summed E-state index contributed by atoms with van der Waals surface area (Å²) in [7, 11) is -2.54. The number of nitrogens with zero attached hydrogens (tertiary/aromatic N) is 1. The van der Waals surface area contributed by atoms with E-state index in [1.807, 2.05) is 44.2 Å². The first-order valence-electron chi connectivity index (χ1n) is 11.0. The zero-order chi connectivity index (χ0) is 24.7. The van der Waals surface area contributed by atoms with Crippen molar-refractivity contribution in [2.75, 3.05) is 24.5 Å². The maximum Gasteiger partial charge on any atom is 0.264 e. The average molecular weight is 501 g/mol. The Morgan fingerprint density at radius 3 is 2.26 bits per heavy atom. The number of halogens is 1. The monoisotopic (exact) mass is 500 g/mol. The molecule has 0 bridgehead atoms. The second-order valence-corrected chi connectivity index (χ2v) is 10.4. The van der Waals surface area contributed by atoms with Gasteiger partial charge in [-0.25, -0.2) is 8.42 Å². The van der Waals surface area contributed by atoms with Crippen LogP contribution in [0.15, 0.2) is 71.6 Å². The van der Waals surface area contributed by atoms with Crippen molar-refractivity contribution < 1.29 is 17.9 Å². The van der Waals surface area contributed by atoms with Crippen molar-refractivity contribution in [3.8, 4) is 5.75 Å². The molecule has 0 spiro atoms. The number of nitrogens with one attached hydrogen (secondary N) is 1. The fourth-order valence-electron chi connectivity index (χ4n) is 3.49. The van der Waals surface area contributed by atoms with Gasteiger partial charge in [0.25, 0.3) is 10.0 Å². The van der Waals surface area contributed by atoms with Crippen LogP contribution >= 0.6 is 11.6 Å². The summed E-state index contributed by atoms with van der Waals surface area (Å²) in [6.07, 6.45) is 1.49. The Kier molecular flexibility index (Phi) is 8.58. The minimum absolute atomic E-state index is 0.109. The van der Waals surface area contributed by atoms with Crippen LogP contribution in [0.3, 0.4) is 0 Å². The lowest BCUT2D eigenvalue weighted by molar-refractivity contribution is -0.119. The quantitative estimate of drug-likeness (QED) is 0.401. The minimum Gasteiger partial charge on any atom is -0.495 e. The maximum atomic E-state index is 13.6. The number of carbonyl (C=O) groups is 1. The summed E-state index contributed by atoms with van der Waals surface area (Å²) in [5.41, 5.74) is 3.23. The second-order valence-electron chi connectivity index (χ2n) is 8.08. The van der Waals surface area contributed by atoms with E-state index in [1.165, 1.54) is 7.11 Å². The summed E-state index contributed by atoms with van der Waals surface area (Å²) >= 11 is 5.91. The maximum absolute atomic E-state index is 13.6. The molecule has 0 saturated carbocycles. The Morgan fingerprint density at radius 2 is 1.62 bits per heavy atom. The lowest BCUT2D eigenvalue weighted by atomic mass is 10.1. The Hall–Kier alpha value is -3.03. The average Bonchev–Trinajstić information content (AvgIpc) is 2.81. The summed E-state index contributed by atoms with van der Waals surface area (Å²) in [4.78, 5) is 12.9. The third-order valence-electron chi connectivity index (χ3n) is 5.38. The van der Waals surface area contributed by atoms with Crippen LogP contribution in [-0.4, -0.2) is 34.5 Å². The Balaban J connectivity index is 1.78. The van der Waals surface area contributed by atoms with Gasteiger partial charge >= 0.3 is 0 Å². The Bertz CT molecular complexity index is 1230. The van der Waals surface area contributed by atoms with E-state index in [1.54, 1.807) is 36.4 Å². The van der Waals surface area contributed by atoms with Crippen molar-refractivity contribution in [2.24, 2.45) is 0 Å². The summed E-state index contributed by atoms with van der Waals surface area (Å²) in [5.74, 6) is -0.0211. The number of hydrogen-bond donors (Lipinski definition) is 1. The van der Waals surface area contributed by atoms with Gasteiger partial charge in [-0.15, -0.1) is 0 Å². The normalized spacial score (nSPS) is 11.2. The zero-order valence-corrected chi connectivity index (χ0v) is 21.1. The molecular weight excluding hydrogens is 472 g/mol. The first-order valence-corrected chi connectivity index (χ1v) is 12.8. The van der Waals surface area contributed by atoms with Crippen LogP contribution in [0.4, 0.5) is 5.69 Å². The van der Waals surface area contributed by atoms with Gasteiger partial charge in [0.05, 0.1) is 17.7 Å². The van der Waals surface area contributed by atoms with E-state index in [9.17, 15) is 13.2 Å². The number of carbonyl (C=O) groups excluding carboxylic acids is 1. The van der Waals surface area contributed by atoms with Crippen LogP contribution < -0.4 is 14.4 Å². The Labute approximate surface area is 206 Å². The topological polar surface area (TPSA) is 75.7 Å². The highest BCUT2D eigenvalue weighted by Crippen LogP contribution is 2.33. The minimum atomic E-state index is -4.01. The number of anilines is 1. The van der Waals surface area contributed by atoms with Crippen molar-refractivity contribution in [3.05, 3.63) is 88.4 Å². The molecule has 3 aromatic carbocycles. The van der Waals surface area contributed by atoms with Crippen LogP contribution in [0.25, 0.3) is 0 Å². The van der Waals surface area contributed by atoms with Crippen LogP contribution in [0.1, 0.15) is 23.1 Å². The fraction of sp³-hybridized carbons (Fsp3) is 0.269. The Morgan fingerprint density at radius 1 is 0.971 bits per heavy atom. The molecule has 0 aliphatic carbocycles.